The van der Waals surface area contributed by atoms with Crippen molar-refractivity contribution in [2.75, 3.05) is 5.32 Å². The summed E-state index contributed by atoms with van der Waals surface area (Å²) in [4.78, 5) is 15.7. The van der Waals surface area contributed by atoms with Crippen molar-refractivity contribution >= 4 is 22.5 Å². The van der Waals surface area contributed by atoms with Crippen LogP contribution in [-0.4, -0.2) is 16.0 Å². The molecule has 22 heavy (non-hydrogen) atoms. The quantitative estimate of drug-likeness (QED) is 0.765. The topological polar surface area (TPSA) is 70.9 Å². The number of hydrogen-bond acceptors (Lipinski definition) is 3. The van der Waals surface area contributed by atoms with Gasteiger partial charge in [-0.05, 0) is 18.9 Å². The molecular weight excluding hydrogens is 278 g/mol. The maximum absolute atomic E-state index is 12.6. The molecule has 5 nitrogen and oxygen atoms in total. The van der Waals surface area contributed by atoms with Crippen LogP contribution in [-0.2, 0) is 0 Å². The Kier molecular flexibility index (Phi) is 3.18. The molecule has 1 amide bonds. The minimum atomic E-state index is -0.159. The third kappa shape index (κ3) is 2.19. The van der Waals surface area contributed by atoms with Gasteiger partial charge in [0.1, 0.15) is 11.8 Å². The lowest BCUT2D eigenvalue weighted by molar-refractivity contribution is 0.102. The van der Waals surface area contributed by atoms with Crippen LogP contribution in [0.5, 0.6) is 0 Å². The Bertz CT molecular complexity index is 812. The predicted molar refractivity (Wildman–Crippen MR) is 84.0 cm³/mol. The van der Waals surface area contributed by atoms with E-state index < -0.39 is 0 Å². The summed E-state index contributed by atoms with van der Waals surface area (Å²) in [6.07, 6.45) is 7.82. The fourth-order valence-electron chi connectivity index (χ4n) is 3.27. The first-order valence-corrected chi connectivity index (χ1v) is 7.64. The van der Waals surface area contributed by atoms with E-state index in [4.69, 9.17) is 4.52 Å². The van der Waals surface area contributed by atoms with Gasteiger partial charge in [-0.1, -0.05) is 36.2 Å². The molecule has 5 heteroatoms. The third-order valence-corrected chi connectivity index (χ3v) is 4.42. The Hall–Kier alpha value is -2.56. The number of para-hydroxylation sites is 1. The number of H-pyrrole nitrogens is 1. The van der Waals surface area contributed by atoms with Crippen molar-refractivity contribution in [3.05, 3.63) is 48.0 Å². The molecule has 0 bridgehead atoms. The Morgan fingerprint density at radius 2 is 2.09 bits per heavy atom. The zero-order valence-electron chi connectivity index (χ0n) is 12.1. The molecule has 0 saturated heterocycles. The lowest BCUT2D eigenvalue weighted by Crippen LogP contribution is -2.14. The first-order valence-electron chi connectivity index (χ1n) is 7.64. The van der Waals surface area contributed by atoms with Gasteiger partial charge in [-0.15, -0.1) is 0 Å². The van der Waals surface area contributed by atoms with Crippen LogP contribution in [0.4, 0.5) is 5.69 Å². The van der Waals surface area contributed by atoms with Crippen LogP contribution < -0.4 is 5.32 Å². The smallest absolute Gasteiger partial charge is 0.260 e. The fraction of sp³-hybridized carbons (Fsp3) is 0.294. The summed E-state index contributed by atoms with van der Waals surface area (Å²) < 4.78 is 5.07. The van der Waals surface area contributed by atoms with Crippen molar-refractivity contribution in [1.29, 1.82) is 0 Å². The van der Waals surface area contributed by atoms with Crippen LogP contribution in [0, 0.1) is 0 Å². The van der Waals surface area contributed by atoms with E-state index in [9.17, 15) is 4.79 Å². The van der Waals surface area contributed by atoms with Gasteiger partial charge in [-0.25, -0.2) is 0 Å². The van der Waals surface area contributed by atoms with Crippen molar-refractivity contribution < 1.29 is 9.32 Å². The number of hydrogen-bond donors (Lipinski definition) is 2. The maximum Gasteiger partial charge on any atom is 0.260 e. The van der Waals surface area contributed by atoms with Crippen LogP contribution in [0.25, 0.3) is 10.9 Å². The summed E-state index contributed by atoms with van der Waals surface area (Å²) in [7, 11) is 0. The number of aromatic nitrogens is 2. The van der Waals surface area contributed by atoms with Gasteiger partial charge in [-0.3, -0.25) is 4.79 Å². The van der Waals surface area contributed by atoms with E-state index in [1.165, 1.54) is 19.1 Å². The molecule has 0 aliphatic heterocycles. The minimum absolute atomic E-state index is 0.159. The van der Waals surface area contributed by atoms with Gasteiger partial charge in [0.25, 0.3) is 5.91 Å². The Morgan fingerprint density at radius 1 is 1.27 bits per heavy atom. The van der Waals surface area contributed by atoms with Gasteiger partial charge in [0.15, 0.2) is 0 Å². The van der Waals surface area contributed by atoms with Crippen LogP contribution in [0.2, 0.25) is 0 Å². The lowest BCUT2D eigenvalue weighted by atomic mass is 10.00. The van der Waals surface area contributed by atoms with E-state index in [0.29, 0.717) is 11.5 Å². The summed E-state index contributed by atoms with van der Waals surface area (Å²) in [5.41, 5.74) is 3.13. The van der Waals surface area contributed by atoms with E-state index in [-0.39, 0.29) is 5.91 Å². The van der Waals surface area contributed by atoms with Crippen LogP contribution in [0.1, 0.15) is 47.7 Å². The van der Waals surface area contributed by atoms with E-state index in [2.05, 4.69) is 15.5 Å². The molecule has 0 atom stereocenters. The van der Waals surface area contributed by atoms with Gasteiger partial charge in [0, 0.05) is 23.0 Å². The monoisotopic (exact) mass is 295 g/mol. The predicted octanol–water partition coefficient (Wildman–Crippen LogP) is 4.07. The van der Waals surface area contributed by atoms with Crippen molar-refractivity contribution in [3.8, 4) is 0 Å². The second kappa shape index (κ2) is 5.33. The minimum Gasteiger partial charge on any atom is -0.364 e. The average Bonchev–Trinajstić information content (AvgIpc) is 3.27. The van der Waals surface area contributed by atoms with Crippen molar-refractivity contribution in [2.45, 2.75) is 31.6 Å². The summed E-state index contributed by atoms with van der Waals surface area (Å²) in [5.74, 6) is 0.190. The number of carbonyl (C=O) groups excluding carboxylic acids is 1. The summed E-state index contributed by atoms with van der Waals surface area (Å²) in [6, 6.07) is 7.87. The highest BCUT2D eigenvalue weighted by atomic mass is 16.5. The number of aromatic amines is 1. The number of fused-ring (bicyclic) bond motifs is 1. The summed E-state index contributed by atoms with van der Waals surface area (Å²) >= 11 is 0. The molecule has 3 aromatic rings. The molecule has 0 spiro atoms. The number of amides is 1. The Balaban J connectivity index is 1.61. The number of nitrogens with zero attached hydrogens (tertiary/aromatic N) is 1. The van der Waals surface area contributed by atoms with Gasteiger partial charge in [0.05, 0.1) is 11.4 Å². The molecule has 1 aliphatic carbocycles. The second-order valence-corrected chi connectivity index (χ2v) is 5.80. The second-order valence-electron chi connectivity index (χ2n) is 5.80. The molecule has 1 saturated carbocycles. The molecule has 4 rings (SSSR count). The molecule has 112 valence electrons. The molecule has 2 heterocycles. The number of nitrogens with one attached hydrogen (secondary N) is 2. The van der Waals surface area contributed by atoms with E-state index in [1.54, 1.807) is 0 Å². The number of anilines is 1. The highest BCUT2D eigenvalue weighted by molar-refractivity contribution is 6.09. The normalized spacial score (nSPS) is 15.5. The fourth-order valence-corrected chi connectivity index (χ4v) is 3.27. The average molecular weight is 295 g/mol. The Morgan fingerprint density at radius 3 is 2.95 bits per heavy atom. The van der Waals surface area contributed by atoms with Gasteiger partial charge in [-0.2, -0.15) is 0 Å². The lowest BCUT2D eigenvalue weighted by Gasteiger charge is -2.07. The standard InChI is InChI=1S/C17H17N3O2/c21-17(13-10-22-20-16(13)11-5-1-2-6-11)19-15-9-18-14-8-4-3-7-12(14)15/h3-4,7-11,18H,1-2,5-6H2,(H,19,21). The zero-order valence-corrected chi connectivity index (χ0v) is 12.1. The van der Waals surface area contributed by atoms with Crippen LogP contribution in [0.15, 0.2) is 41.2 Å². The first-order chi connectivity index (χ1) is 10.8. The molecule has 1 aromatic carbocycles. The SMILES string of the molecule is O=C(Nc1c[nH]c2ccccc12)c1conc1C1CCCC1. The Labute approximate surface area is 127 Å². The summed E-state index contributed by atoms with van der Waals surface area (Å²) in [5, 5.41) is 8.02. The number of benzene rings is 1. The molecule has 0 unspecified atom stereocenters. The number of rotatable bonds is 3. The zero-order chi connectivity index (χ0) is 14.9. The van der Waals surface area contributed by atoms with Gasteiger partial charge < -0.3 is 14.8 Å². The highest BCUT2D eigenvalue weighted by Crippen LogP contribution is 2.35. The third-order valence-electron chi connectivity index (χ3n) is 4.42. The first kappa shape index (κ1) is 13.1. The highest BCUT2D eigenvalue weighted by Gasteiger charge is 2.26. The van der Waals surface area contributed by atoms with E-state index in [1.807, 2.05) is 30.5 Å². The van der Waals surface area contributed by atoms with Crippen LogP contribution in [0.3, 0.4) is 0 Å². The maximum atomic E-state index is 12.6. The van der Waals surface area contributed by atoms with Gasteiger partial charge in [0.2, 0.25) is 0 Å². The molecular formula is C17H17N3O2. The van der Waals surface area contributed by atoms with E-state index in [0.717, 1.165) is 35.1 Å². The molecule has 2 aromatic heterocycles. The largest absolute Gasteiger partial charge is 0.364 e. The van der Waals surface area contributed by atoms with Crippen molar-refractivity contribution in [3.63, 3.8) is 0 Å². The van der Waals surface area contributed by atoms with E-state index >= 15 is 0 Å². The molecule has 0 radical (unpaired) electrons. The van der Waals surface area contributed by atoms with Crippen molar-refractivity contribution in [1.82, 2.24) is 10.1 Å². The molecule has 2 N–H and O–H groups in total. The van der Waals surface area contributed by atoms with Crippen molar-refractivity contribution in [2.24, 2.45) is 0 Å². The van der Waals surface area contributed by atoms with Crippen LogP contribution >= 0.6 is 0 Å². The van der Waals surface area contributed by atoms with Gasteiger partial charge >= 0.3 is 0 Å². The summed E-state index contributed by atoms with van der Waals surface area (Å²) in [6.45, 7) is 0. The molecule has 1 fully saturated rings. The number of carbonyl (C=O) groups is 1. The molecule has 1 aliphatic rings.